The van der Waals surface area contributed by atoms with Gasteiger partial charge in [-0.2, -0.15) is 0 Å². The molecule has 0 bridgehead atoms. The van der Waals surface area contributed by atoms with Gasteiger partial charge in [0.1, 0.15) is 12.4 Å². The normalized spacial score (nSPS) is 19.1. The molecule has 1 aliphatic carbocycles. The van der Waals surface area contributed by atoms with E-state index >= 15 is 0 Å². The van der Waals surface area contributed by atoms with Crippen LogP contribution < -0.4 is 10.1 Å². The summed E-state index contributed by atoms with van der Waals surface area (Å²) in [6, 6.07) is 9.40. The van der Waals surface area contributed by atoms with Crippen molar-refractivity contribution >= 4 is 23.4 Å². The van der Waals surface area contributed by atoms with Crippen molar-refractivity contribution in [2.24, 2.45) is 5.41 Å². The van der Waals surface area contributed by atoms with Crippen molar-refractivity contribution in [3.05, 3.63) is 85.7 Å². The van der Waals surface area contributed by atoms with Gasteiger partial charge in [0.15, 0.2) is 5.78 Å². The Hall–Kier alpha value is -3.05. The minimum atomic E-state index is -0.493. The summed E-state index contributed by atoms with van der Waals surface area (Å²) in [7, 11) is 1.38. The number of ether oxygens (including phenoxy) is 2. The van der Waals surface area contributed by atoms with E-state index in [2.05, 4.69) is 39.1 Å². The third-order valence-electron chi connectivity index (χ3n) is 7.32. The maximum absolute atomic E-state index is 13.6. The average molecular weight is 508 g/mol. The number of carbonyl (C=O) groups excluding carboxylic acids is 2. The van der Waals surface area contributed by atoms with E-state index in [4.69, 9.17) is 21.1 Å². The summed E-state index contributed by atoms with van der Waals surface area (Å²) in [4.78, 5) is 26.7. The Bertz CT molecular complexity index is 1300. The first kappa shape index (κ1) is 26.0. The molecule has 0 spiro atoms. The molecule has 1 N–H and O–H groups in total. The first-order valence-electron chi connectivity index (χ1n) is 12.2. The van der Waals surface area contributed by atoms with Gasteiger partial charge >= 0.3 is 5.97 Å². The van der Waals surface area contributed by atoms with Crippen molar-refractivity contribution in [1.82, 2.24) is 5.32 Å². The summed E-state index contributed by atoms with van der Waals surface area (Å²) < 4.78 is 11.3. The van der Waals surface area contributed by atoms with Gasteiger partial charge in [-0.3, -0.25) is 4.79 Å². The Kier molecular flexibility index (Phi) is 7.07. The van der Waals surface area contributed by atoms with Crippen LogP contribution in [0.3, 0.4) is 0 Å². The summed E-state index contributed by atoms with van der Waals surface area (Å²) in [5.41, 5.74) is 7.82. The van der Waals surface area contributed by atoms with E-state index in [1.54, 1.807) is 12.1 Å². The number of carbonyl (C=O) groups is 2. The highest BCUT2D eigenvalue weighted by Crippen LogP contribution is 2.48. The SMILES string of the molecule is COC(=O)C1=C(C)NC2=C(C(=O)CC(C)(C)C2)C1c1c(C)cc(C)c(COc2ccc(Cl)cc2)c1C. The van der Waals surface area contributed by atoms with Gasteiger partial charge in [0.05, 0.1) is 12.7 Å². The van der Waals surface area contributed by atoms with Crippen molar-refractivity contribution in [3.8, 4) is 5.75 Å². The Morgan fingerprint density at radius 3 is 2.39 bits per heavy atom. The number of ketones is 1. The molecule has 2 aliphatic rings. The zero-order valence-electron chi connectivity index (χ0n) is 22.1. The largest absolute Gasteiger partial charge is 0.489 e. The molecule has 0 amide bonds. The molecule has 0 fully saturated rings. The van der Waals surface area contributed by atoms with Crippen LogP contribution in [-0.2, 0) is 20.9 Å². The summed E-state index contributed by atoms with van der Waals surface area (Å²) in [5.74, 6) is -0.117. The molecule has 0 radical (unpaired) electrons. The van der Waals surface area contributed by atoms with Crippen molar-refractivity contribution in [1.29, 1.82) is 0 Å². The highest BCUT2D eigenvalue weighted by atomic mass is 35.5. The minimum Gasteiger partial charge on any atom is -0.489 e. The number of aryl methyl sites for hydroxylation is 2. The van der Waals surface area contributed by atoms with Crippen molar-refractivity contribution in [2.75, 3.05) is 7.11 Å². The van der Waals surface area contributed by atoms with Gasteiger partial charge in [0.25, 0.3) is 0 Å². The van der Waals surface area contributed by atoms with Crippen LogP contribution in [0.2, 0.25) is 5.02 Å². The van der Waals surface area contributed by atoms with Crippen molar-refractivity contribution in [2.45, 2.75) is 66.9 Å². The number of hydrogen-bond donors (Lipinski definition) is 1. The van der Waals surface area contributed by atoms with Crippen LogP contribution >= 0.6 is 11.6 Å². The summed E-state index contributed by atoms with van der Waals surface area (Å²) >= 11 is 6.02. The lowest BCUT2D eigenvalue weighted by atomic mass is 9.67. The quantitative estimate of drug-likeness (QED) is 0.460. The van der Waals surface area contributed by atoms with Gasteiger partial charge in [0.2, 0.25) is 0 Å². The average Bonchev–Trinajstić information content (AvgIpc) is 2.78. The first-order valence-corrected chi connectivity index (χ1v) is 12.6. The van der Waals surface area contributed by atoms with Gasteiger partial charge in [-0.05, 0) is 91.6 Å². The summed E-state index contributed by atoms with van der Waals surface area (Å²) in [5, 5.41) is 4.04. The Morgan fingerprint density at radius 1 is 1.08 bits per heavy atom. The van der Waals surface area contributed by atoms with Gasteiger partial charge in [-0.25, -0.2) is 4.79 Å². The lowest BCUT2D eigenvalue weighted by Crippen LogP contribution is -2.39. The molecule has 1 heterocycles. The van der Waals surface area contributed by atoms with Crippen LogP contribution in [0.1, 0.15) is 67.3 Å². The van der Waals surface area contributed by atoms with Crippen LogP contribution in [0.15, 0.2) is 52.9 Å². The number of allylic oxidation sites excluding steroid dienone is 3. The molecule has 0 saturated heterocycles. The monoisotopic (exact) mass is 507 g/mol. The lowest BCUT2D eigenvalue weighted by Gasteiger charge is -2.40. The van der Waals surface area contributed by atoms with E-state index in [0.29, 0.717) is 29.2 Å². The van der Waals surface area contributed by atoms with Crippen molar-refractivity contribution < 1.29 is 19.1 Å². The highest BCUT2D eigenvalue weighted by molar-refractivity contribution is 6.30. The highest BCUT2D eigenvalue weighted by Gasteiger charge is 2.44. The number of methoxy groups -OCH3 is 1. The first-order chi connectivity index (χ1) is 16.9. The number of rotatable bonds is 5. The molecule has 6 heteroatoms. The molecule has 0 aromatic heterocycles. The van der Waals surface area contributed by atoms with E-state index in [9.17, 15) is 9.59 Å². The molecular weight excluding hydrogens is 474 g/mol. The maximum atomic E-state index is 13.6. The van der Waals surface area contributed by atoms with Gasteiger partial charge < -0.3 is 14.8 Å². The lowest BCUT2D eigenvalue weighted by molar-refractivity contribution is -0.136. The number of halogens is 1. The maximum Gasteiger partial charge on any atom is 0.336 e. The number of benzene rings is 2. The van der Waals surface area contributed by atoms with Crippen LogP contribution in [0.5, 0.6) is 5.75 Å². The van der Waals surface area contributed by atoms with E-state index in [-0.39, 0.29) is 11.2 Å². The zero-order valence-corrected chi connectivity index (χ0v) is 22.9. The van der Waals surface area contributed by atoms with E-state index in [1.807, 2.05) is 26.0 Å². The molecule has 1 unspecified atom stereocenters. The van der Waals surface area contributed by atoms with Gasteiger partial charge in [-0.1, -0.05) is 31.5 Å². The summed E-state index contributed by atoms with van der Waals surface area (Å²) in [6.07, 6.45) is 1.18. The number of hydrogen-bond acceptors (Lipinski definition) is 5. The second kappa shape index (κ2) is 9.78. The topological polar surface area (TPSA) is 64.6 Å². The minimum absolute atomic E-state index is 0.0750. The second-order valence-corrected chi connectivity index (χ2v) is 11.1. The molecule has 5 nitrogen and oxygen atoms in total. The fraction of sp³-hybridized carbons (Fsp3) is 0.400. The number of Topliss-reactive ketones (excluding diaryl/α,β-unsaturated/α-hetero) is 1. The standard InChI is InChI=1S/C30H34ClNO4/c1-16-12-17(2)25(18(3)22(16)15-36-21-10-8-20(31)9-11-21)28-26(29(34)35-7)19(4)32-23-13-30(5,6)14-24(33)27(23)28/h8-12,28,32H,13-15H2,1-7H3. The number of nitrogens with one attached hydrogen (secondary N) is 1. The van der Waals surface area contributed by atoms with Crippen molar-refractivity contribution in [3.63, 3.8) is 0 Å². The Labute approximate surface area is 218 Å². The number of esters is 1. The predicted molar refractivity (Wildman–Crippen MR) is 142 cm³/mol. The molecule has 1 aliphatic heterocycles. The smallest absolute Gasteiger partial charge is 0.336 e. The fourth-order valence-corrected chi connectivity index (χ4v) is 5.83. The third-order valence-corrected chi connectivity index (χ3v) is 7.57. The van der Waals surface area contributed by atoms with Crippen LogP contribution in [0.4, 0.5) is 0 Å². The Morgan fingerprint density at radius 2 is 1.75 bits per heavy atom. The number of dihydropyridines is 1. The molecule has 4 rings (SSSR count). The fourth-order valence-electron chi connectivity index (χ4n) is 5.70. The van der Waals surface area contributed by atoms with Crippen LogP contribution in [0.25, 0.3) is 0 Å². The van der Waals surface area contributed by atoms with Gasteiger partial charge in [-0.15, -0.1) is 0 Å². The molecule has 190 valence electrons. The van der Waals surface area contributed by atoms with E-state index in [1.165, 1.54) is 7.11 Å². The zero-order chi connectivity index (χ0) is 26.4. The molecule has 1 atom stereocenters. The third kappa shape index (κ3) is 4.81. The predicted octanol–water partition coefficient (Wildman–Crippen LogP) is 6.62. The molecule has 36 heavy (non-hydrogen) atoms. The van der Waals surface area contributed by atoms with Gasteiger partial charge in [0, 0.05) is 34.3 Å². The Balaban J connectivity index is 1.86. The van der Waals surface area contributed by atoms with Crippen LogP contribution in [0, 0.1) is 26.2 Å². The molecular formula is C30H34ClNO4. The van der Waals surface area contributed by atoms with E-state index in [0.717, 1.165) is 51.4 Å². The van der Waals surface area contributed by atoms with Crippen LogP contribution in [-0.4, -0.2) is 18.9 Å². The van der Waals surface area contributed by atoms with E-state index < -0.39 is 11.9 Å². The molecule has 2 aromatic carbocycles. The second-order valence-electron chi connectivity index (χ2n) is 10.7. The molecule has 0 saturated carbocycles. The summed E-state index contributed by atoms with van der Waals surface area (Å²) in [6.45, 7) is 12.6. The molecule has 2 aromatic rings.